The number of rotatable bonds is 0. The first-order chi connectivity index (χ1) is 2.41. The van der Waals surface area contributed by atoms with Crippen LogP contribution in [0.15, 0.2) is 0 Å². The SMILES string of the molecule is C.CCO.O.O.O.[Al].[O]=[Al]. The monoisotopic (exact) mass is 186 g/mol. The summed E-state index contributed by atoms with van der Waals surface area (Å²) >= 11 is 1.17. The third kappa shape index (κ3) is 1040. The van der Waals surface area contributed by atoms with Gasteiger partial charge < -0.3 is 21.5 Å². The molecule has 0 saturated carbocycles. The summed E-state index contributed by atoms with van der Waals surface area (Å²) in [5.74, 6) is 0. The number of aliphatic hydroxyl groups is 1. The minimum atomic E-state index is 0. The average molecular weight is 186 g/mol. The second kappa shape index (κ2) is 253. The summed E-state index contributed by atoms with van der Waals surface area (Å²) in [6, 6.07) is 0. The molecule has 7 heteroatoms. The summed E-state index contributed by atoms with van der Waals surface area (Å²) in [6.45, 7) is 1.93. The predicted molar refractivity (Wildman–Crippen MR) is 42.5 cm³/mol. The summed E-state index contributed by atoms with van der Waals surface area (Å²) < 4.78 is 8.17. The van der Waals surface area contributed by atoms with Crippen molar-refractivity contribution in [3.8, 4) is 0 Å². The molecule has 0 atom stereocenters. The molecule has 0 aromatic heterocycles. The second-order valence-electron chi connectivity index (χ2n) is 0.316. The van der Waals surface area contributed by atoms with Gasteiger partial charge >= 0.3 is 20.0 Å². The Morgan fingerprint density at radius 3 is 1.20 bits per heavy atom. The summed E-state index contributed by atoms with van der Waals surface area (Å²) in [5.41, 5.74) is 0. The molecule has 0 amide bonds. The fourth-order valence-corrected chi connectivity index (χ4v) is 0. The zero-order valence-electron chi connectivity index (χ0n) is 5.22. The molecule has 0 heterocycles. The van der Waals surface area contributed by atoms with Crippen molar-refractivity contribution in [3.05, 3.63) is 0 Å². The zero-order valence-corrected chi connectivity index (χ0v) is 7.53. The van der Waals surface area contributed by atoms with Crippen LogP contribution in [-0.2, 0) is 3.80 Å². The molecule has 7 N–H and O–H groups in total. The van der Waals surface area contributed by atoms with Gasteiger partial charge in [-0.15, -0.1) is 0 Å². The summed E-state index contributed by atoms with van der Waals surface area (Å²) in [6.07, 6.45) is 0. The van der Waals surface area contributed by atoms with Crippen LogP contribution in [-0.4, -0.2) is 61.7 Å². The average Bonchev–Trinajstić information content (AvgIpc) is 1.46. The van der Waals surface area contributed by atoms with Crippen molar-refractivity contribution in [1.29, 1.82) is 0 Å². The van der Waals surface area contributed by atoms with E-state index in [1.54, 1.807) is 6.92 Å². The van der Waals surface area contributed by atoms with Crippen molar-refractivity contribution in [3.63, 3.8) is 0 Å². The third-order valence-electron chi connectivity index (χ3n) is 0. The molecular formula is C3H16Al2O5. The Kier molecular flexibility index (Phi) is 1860. The zero-order chi connectivity index (χ0) is 4.71. The summed E-state index contributed by atoms with van der Waals surface area (Å²) in [5, 5.41) is 7.57. The van der Waals surface area contributed by atoms with Gasteiger partial charge in [0.25, 0.3) is 0 Å². The molecule has 0 rings (SSSR count). The van der Waals surface area contributed by atoms with Crippen molar-refractivity contribution in [2.24, 2.45) is 0 Å². The topological polar surface area (TPSA) is 132 Å². The molecule has 4 radical (unpaired) electrons. The molecule has 0 aliphatic carbocycles. The van der Waals surface area contributed by atoms with Crippen LogP contribution in [0.2, 0.25) is 0 Å². The van der Waals surface area contributed by atoms with Crippen LogP contribution < -0.4 is 0 Å². The number of aliphatic hydroxyl groups excluding tert-OH is 1. The third-order valence-corrected chi connectivity index (χ3v) is 0. The molecule has 0 spiro atoms. The Hall–Kier alpha value is 0.705. The van der Waals surface area contributed by atoms with Gasteiger partial charge in [0.15, 0.2) is 0 Å². The standard InChI is InChI=1S/C2H6O.CH4.2Al.3H2O.O/c1-2-3;;;;;;;/h3H,2H2,1H3;1H4;;;3*1H2;. The van der Waals surface area contributed by atoms with Gasteiger partial charge in [-0.3, -0.25) is 0 Å². The van der Waals surface area contributed by atoms with Gasteiger partial charge in [0.05, 0.1) is 0 Å². The van der Waals surface area contributed by atoms with Crippen LogP contribution in [0.3, 0.4) is 0 Å². The van der Waals surface area contributed by atoms with Crippen LogP contribution in [0.1, 0.15) is 14.4 Å². The summed E-state index contributed by atoms with van der Waals surface area (Å²) in [7, 11) is 0. The van der Waals surface area contributed by atoms with Gasteiger partial charge in [0, 0.05) is 24.0 Å². The first-order valence-corrected chi connectivity index (χ1v) is 1.73. The van der Waals surface area contributed by atoms with Crippen LogP contribution >= 0.6 is 0 Å². The molecule has 0 fully saturated rings. The van der Waals surface area contributed by atoms with Gasteiger partial charge in [-0.05, 0) is 6.92 Å². The number of hydrogen-bond donors (Lipinski definition) is 1. The van der Waals surface area contributed by atoms with E-state index >= 15 is 0 Å². The van der Waals surface area contributed by atoms with Crippen molar-refractivity contribution in [1.82, 2.24) is 0 Å². The van der Waals surface area contributed by atoms with Crippen molar-refractivity contribution >= 4 is 33.6 Å². The molecule has 0 aromatic carbocycles. The van der Waals surface area contributed by atoms with Gasteiger partial charge in [-0.25, -0.2) is 0 Å². The van der Waals surface area contributed by atoms with E-state index in [1.165, 1.54) is 16.2 Å². The van der Waals surface area contributed by atoms with Crippen LogP contribution in [0.4, 0.5) is 0 Å². The molecule has 0 aromatic rings. The molecule has 10 heavy (non-hydrogen) atoms. The normalized spacial score (nSPS) is 2.10. The van der Waals surface area contributed by atoms with E-state index in [-0.39, 0.29) is 47.8 Å². The Bertz CT molecular complexity index is 18.9. The van der Waals surface area contributed by atoms with Gasteiger partial charge in [0.1, 0.15) is 0 Å². The van der Waals surface area contributed by atoms with Gasteiger partial charge in [0.2, 0.25) is 0 Å². The van der Waals surface area contributed by atoms with E-state index in [2.05, 4.69) is 0 Å². The van der Waals surface area contributed by atoms with E-state index in [0.717, 1.165) is 0 Å². The molecule has 5 nitrogen and oxygen atoms in total. The van der Waals surface area contributed by atoms with Crippen molar-refractivity contribution in [2.75, 3.05) is 6.61 Å². The second-order valence-corrected chi connectivity index (χ2v) is 0.316. The van der Waals surface area contributed by atoms with E-state index in [0.29, 0.717) is 0 Å². The first-order valence-electron chi connectivity index (χ1n) is 1.26. The van der Waals surface area contributed by atoms with E-state index in [4.69, 9.17) is 8.91 Å². The Balaban J connectivity index is -0.00000000246. The molecule has 0 bridgehead atoms. The van der Waals surface area contributed by atoms with Crippen LogP contribution in [0.25, 0.3) is 0 Å². The van der Waals surface area contributed by atoms with E-state index in [1.807, 2.05) is 0 Å². The quantitative estimate of drug-likeness (QED) is 0.411. The van der Waals surface area contributed by atoms with Gasteiger partial charge in [-0.1, -0.05) is 7.43 Å². The Morgan fingerprint density at radius 2 is 1.20 bits per heavy atom. The fourth-order valence-electron chi connectivity index (χ4n) is 0. The molecule has 0 aliphatic heterocycles. The van der Waals surface area contributed by atoms with E-state index < -0.39 is 0 Å². The maximum atomic E-state index is 8.17. The first kappa shape index (κ1) is 73.5. The van der Waals surface area contributed by atoms with Gasteiger partial charge in [-0.2, -0.15) is 0 Å². The molecule has 0 aliphatic rings. The fraction of sp³-hybridized carbons (Fsp3) is 1.00. The van der Waals surface area contributed by atoms with Crippen LogP contribution in [0.5, 0.6) is 0 Å². The van der Waals surface area contributed by atoms with Crippen molar-refractivity contribution in [2.45, 2.75) is 14.4 Å². The number of hydrogen-bond acceptors (Lipinski definition) is 2. The maximum absolute atomic E-state index is 8.17. The molecule has 64 valence electrons. The minimum absolute atomic E-state index is 0. The van der Waals surface area contributed by atoms with Crippen molar-refractivity contribution < 1.29 is 25.3 Å². The molecular weight excluding hydrogens is 170 g/mol. The Labute approximate surface area is 80.1 Å². The molecule has 0 saturated heterocycles. The predicted octanol–water partition coefficient (Wildman–Crippen LogP) is -2.72. The Morgan fingerprint density at radius 1 is 1.20 bits per heavy atom. The van der Waals surface area contributed by atoms with Crippen LogP contribution in [0, 0.1) is 0 Å². The summed E-state index contributed by atoms with van der Waals surface area (Å²) in [4.78, 5) is 0. The van der Waals surface area contributed by atoms with E-state index in [9.17, 15) is 0 Å². The molecule has 0 unspecified atom stereocenters.